The Kier molecular flexibility index (Phi) is 13.2. The molecule has 13 atom stereocenters. The van der Waals surface area contributed by atoms with E-state index in [0.29, 0.717) is 17.7 Å². The highest BCUT2D eigenvalue weighted by molar-refractivity contribution is 6.00. The number of ether oxygens (including phenoxy) is 5. The van der Waals surface area contributed by atoms with Gasteiger partial charge in [0.25, 0.3) is 0 Å². The standard InChI is InChI=1S/C36H60N2O9/c1-14-28-36(11,42)32-23(6)29(37-26(9)39)20(3)16-35(10,44-18-19(2)17-43-32)31(24(7)30(40)25(8)33(41)46-28)47-34-22(5)27(38(12)13)15-21(4)45-34/h20-25,27-28,31-32,34,42H,2,14-18H2,1,3-13H3/t20-,21-,22-,23+,24+,25-,27+,28-,31-,32-,34+,35-,36-/m1/s1. The number of cyclic esters (lactones) is 1. The Labute approximate surface area is 281 Å². The number of aliphatic imine (C=N–C) groups is 1. The minimum absolute atomic E-state index is 0.0363. The summed E-state index contributed by atoms with van der Waals surface area (Å²) in [5, 5.41) is 12.1. The van der Waals surface area contributed by atoms with Crippen LogP contribution >= 0.6 is 0 Å². The van der Waals surface area contributed by atoms with Crippen LogP contribution in [0.1, 0.15) is 88.5 Å². The molecule has 0 aromatic carbocycles. The molecule has 47 heavy (non-hydrogen) atoms. The average Bonchev–Trinajstić information content (AvgIpc) is 3.00. The summed E-state index contributed by atoms with van der Waals surface area (Å²) in [6.45, 7) is 22.2. The predicted molar refractivity (Wildman–Crippen MR) is 179 cm³/mol. The van der Waals surface area contributed by atoms with Crippen molar-refractivity contribution >= 4 is 23.4 Å². The minimum Gasteiger partial charge on any atom is -0.459 e. The summed E-state index contributed by atoms with van der Waals surface area (Å²) < 4.78 is 32.3. The Morgan fingerprint density at radius 2 is 1.72 bits per heavy atom. The van der Waals surface area contributed by atoms with Crippen molar-refractivity contribution in [3.8, 4) is 0 Å². The van der Waals surface area contributed by atoms with Crippen molar-refractivity contribution in [2.45, 2.75) is 136 Å². The van der Waals surface area contributed by atoms with Crippen LogP contribution in [0.3, 0.4) is 0 Å². The van der Waals surface area contributed by atoms with E-state index < -0.39 is 65.4 Å². The largest absolute Gasteiger partial charge is 0.459 e. The van der Waals surface area contributed by atoms with E-state index in [0.717, 1.165) is 6.42 Å². The van der Waals surface area contributed by atoms with Crippen LogP contribution in [0.15, 0.2) is 17.1 Å². The Morgan fingerprint density at radius 3 is 2.30 bits per heavy atom. The molecule has 3 aliphatic heterocycles. The summed E-state index contributed by atoms with van der Waals surface area (Å²) in [7, 11) is 4.07. The molecule has 11 nitrogen and oxygen atoms in total. The van der Waals surface area contributed by atoms with Gasteiger partial charge in [0.05, 0.1) is 37.1 Å². The van der Waals surface area contributed by atoms with Crippen molar-refractivity contribution in [2.24, 2.45) is 34.6 Å². The molecule has 0 saturated carbocycles. The van der Waals surface area contributed by atoms with Gasteiger partial charge in [-0.15, -0.1) is 0 Å². The predicted octanol–water partition coefficient (Wildman–Crippen LogP) is 4.38. The van der Waals surface area contributed by atoms with Crippen molar-refractivity contribution in [3.05, 3.63) is 12.2 Å². The highest BCUT2D eigenvalue weighted by Crippen LogP contribution is 2.41. The smallest absolute Gasteiger partial charge is 0.316 e. The number of hydrogen-bond donors (Lipinski definition) is 1. The van der Waals surface area contributed by atoms with Gasteiger partial charge >= 0.3 is 5.97 Å². The molecule has 0 aliphatic carbocycles. The average molecular weight is 665 g/mol. The first kappa shape index (κ1) is 39.4. The summed E-state index contributed by atoms with van der Waals surface area (Å²) >= 11 is 0. The lowest BCUT2D eigenvalue weighted by atomic mass is 9.73. The first-order chi connectivity index (χ1) is 21.7. The molecule has 0 aromatic rings. The van der Waals surface area contributed by atoms with Crippen LogP contribution in [0, 0.1) is 29.6 Å². The molecule has 0 radical (unpaired) electrons. The lowest BCUT2D eigenvalue weighted by Crippen LogP contribution is -2.59. The van der Waals surface area contributed by atoms with Gasteiger partial charge in [0, 0.05) is 36.4 Å². The number of amides is 1. The van der Waals surface area contributed by atoms with Gasteiger partial charge in [-0.1, -0.05) is 41.2 Å². The molecule has 1 N–H and O–H groups in total. The first-order valence-electron chi connectivity index (χ1n) is 17.2. The second kappa shape index (κ2) is 15.7. The molecule has 3 fully saturated rings. The zero-order valence-electron chi connectivity index (χ0n) is 30.7. The number of carbonyl (C=O) groups is 3. The van der Waals surface area contributed by atoms with Gasteiger partial charge in [0.1, 0.15) is 17.6 Å². The van der Waals surface area contributed by atoms with E-state index in [-0.39, 0.29) is 49.4 Å². The molecule has 3 rings (SSSR count). The van der Waals surface area contributed by atoms with Crippen LogP contribution in [-0.2, 0) is 38.1 Å². The third-order valence-corrected chi connectivity index (χ3v) is 10.6. The summed E-state index contributed by atoms with van der Waals surface area (Å²) in [5.41, 5.74) is -1.73. The van der Waals surface area contributed by atoms with Crippen LogP contribution in [0.2, 0.25) is 0 Å². The van der Waals surface area contributed by atoms with E-state index in [2.05, 4.69) is 23.4 Å². The van der Waals surface area contributed by atoms with Crippen LogP contribution < -0.4 is 0 Å². The fourth-order valence-corrected chi connectivity index (χ4v) is 7.92. The number of fused-ring (bicyclic) bond motifs is 5. The van der Waals surface area contributed by atoms with Crippen LogP contribution in [-0.4, -0.2) is 109 Å². The number of aliphatic hydroxyl groups is 1. The maximum atomic E-state index is 14.2. The molecule has 0 unspecified atom stereocenters. The topological polar surface area (TPSA) is 133 Å². The number of Topliss-reactive ketones (excluding diaryl/α,β-unsaturated/α-hetero) is 1. The van der Waals surface area contributed by atoms with Gasteiger partial charge in [-0.3, -0.25) is 14.4 Å². The quantitative estimate of drug-likeness (QED) is 0.262. The number of esters is 1. The molecule has 2 bridgehead atoms. The molecular weight excluding hydrogens is 604 g/mol. The van der Waals surface area contributed by atoms with Gasteiger partial charge in [-0.2, -0.15) is 0 Å². The Bertz CT molecular complexity index is 1180. The highest BCUT2D eigenvalue weighted by atomic mass is 16.7. The van der Waals surface area contributed by atoms with Crippen molar-refractivity contribution in [1.82, 2.24) is 4.90 Å². The van der Waals surface area contributed by atoms with Gasteiger partial charge in [0.2, 0.25) is 5.91 Å². The van der Waals surface area contributed by atoms with Crippen LogP contribution in [0.4, 0.5) is 0 Å². The van der Waals surface area contributed by atoms with E-state index in [9.17, 15) is 19.5 Å². The van der Waals surface area contributed by atoms with Crippen molar-refractivity contribution in [1.29, 1.82) is 0 Å². The summed E-state index contributed by atoms with van der Waals surface area (Å²) in [4.78, 5) is 47.1. The Morgan fingerprint density at radius 1 is 1.09 bits per heavy atom. The molecule has 11 heteroatoms. The first-order valence-corrected chi connectivity index (χ1v) is 17.2. The zero-order valence-corrected chi connectivity index (χ0v) is 30.7. The van der Waals surface area contributed by atoms with Crippen molar-refractivity contribution in [2.75, 3.05) is 27.3 Å². The van der Waals surface area contributed by atoms with E-state index in [1.165, 1.54) is 13.8 Å². The molecule has 1 amide bonds. The third-order valence-electron chi connectivity index (χ3n) is 10.6. The van der Waals surface area contributed by atoms with Gasteiger partial charge < -0.3 is 33.7 Å². The number of hydrogen-bond acceptors (Lipinski definition) is 10. The minimum atomic E-state index is -1.71. The van der Waals surface area contributed by atoms with Crippen LogP contribution in [0.25, 0.3) is 0 Å². The number of nitrogens with zero attached hydrogens (tertiary/aromatic N) is 2. The van der Waals surface area contributed by atoms with E-state index in [1.54, 1.807) is 20.8 Å². The maximum absolute atomic E-state index is 14.2. The molecule has 3 heterocycles. The number of rotatable bonds is 4. The Balaban J connectivity index is 2.29. The third kappa shape index (κ3) is 8.78. The van der Waals surface area contributed by atoms with Gasteiger partial charge in [0.15, 0.2) is 12.1 Å². The van der Waals surface area contributed by atoms with E-state index in [1.807, 2.05) is 41.8 Å². The van der Waals surface area contributed by atoms with E-state index in [4.69, 9.17) is 23.7 Å². The molecule has 3 saturated heterocycles. The fraction of sp³-hybridized carbons (Fsp3) is 0.833. The summed E-state index contributed by atoms with van der Waals surface area (Å²) in [6, 6.07) is 0.171. The van der Waals surface area contributed by atoms with E-state index >= 15 is 0 Å². The van der Waals surface area contributed by atoms with Gasteiger partial charge in [-0.05, 0) is 72.5 Å². The number of ketones is 1. The van der Waals surface area contributed by atoms with Crippen molar-refractivity contribution in [3.63, 3.8) is 0 Å². The molecule has 3 aliphatic rings. The highest BCUT2D eigenvalue weighted by Gasteiger charge is 2.52. The second-order valence-corrected chi connectivity index (χ2v) is 15.0. The lowest BCUT2D eigenvalue weighted by molar-refractivity contribution is -0.282. The monoisotopic (exact) mass is 664 g/mol. The number of carbonyl (C=O) groups excluding carboxylic acids is 3. The SMILES string of the molecule is C=C1CO[C@@H]2[C@@H](C)C(=NC(C)=O)[C@H](C)C[C@@](C)(OC1)[C@H](O[C@@H]1O[C@H](C)C[C@H](N(C)C)[C@H]1C)[C@@H](C)C(=O)[C@@H](C)C(=O)O[C@H](CC)[C@@]2(C)O. The summed E-state index contributed by atoms with van der Waals surface area (Å²) in [6.07, 6.45) is -2.20. The molecule has 268 valence electrons. The lowest BCUT2D eigenvalue weighted by Gasteiger charge is -2.48. The second-order valence-electron chi connectivity index (χ2n) is 15.0. The molecule has 0 spiro atoms. The Hall–Kier alpha value is -2.02. The normalized spacial score (nSPS) is 44.0. The zero-order chi connectivity index (χ0) is 35.6. The van der Waals surface area contributed by atoms with Crippen molar-refractivity contribution < 1.29 is 43.2 Å². The van der Waals surface area contributed by atoms with Gasteiger partial charge in [-0.25, -0.2) is 4.99 Å². The van der Waals surface area contributed by atoms with Crippen LogP contribution in [0.5, 0.6) is 0 Å². The maximum Gasteiger partial charge on any atom is 0.316 e. The molecular formula is C36H60N2O9. The summed E-state index contributed by atoms with van der Waals surface area (Å²) in [5.74, 6) is -4.48. The molecule has 0 aromatic heterocycles. The fourth-order valence-electron chi connectivity index (χ4n) is 7.92.